The molecule has 0 aliphatic heterocycles. The molecule has 2 aromatic carbocycles. The second-order valence-electron chi connectivity index (χ2n) is 4.82. The summed E-state index contributed by atoms with van der Waals surface area (Å²) < 4.78 is 10.5. The molecule has 0 atom stereocenters. The van der Waals surface area contributed by atoms with Gasteiger partial charge >= 0.3 is 6.03 Å². The van der Waals surface area contributed by atoms with Crippen LogP contribution in [-0.4, -0.2) is 26.8 Å². The molecule has 0 aliphatic carbocycles. The number of amides is 2. The fourth-order valence-electron chi connectivity index (χ4n) is 2.10. The molecule has 0 bridgehead atoms. The van der Waals surface area contributed by atoms with Crippen molar-refractivity contribution in [3.05, 3.63) is 53.1 Å². The van der Waals surface area contributed by atoms with Gasteiger partial charge in [-0.3, -0.25) is 0 Å². The second kappa shape index (κ2) is 8.29. The number of urea groups is 1. The zero-order valence-corrected chi connectivity index (χ0v) is 13.8. The lowest BCUT2D eigenvalue weighted by atomic mass is 10.1. The van der Waals surface area contributed by atoms with E-state index in [9.17, 15) is 4.79 Å². The number of hydrogen-bond donors (Lipinski definition) is 2. The van der Waals surface area contributed by atoms with Gasteiger partial charge in [-0.25, -0.2) is 4.79 Å². The molecular formula is C17H19ClN2O3. The van der Waals surface area contributed by atoms with Crippen LogP contribution in [0.15, 0.2) is 42.5 Å². The maximum absolute atomic E-state index is 11.9. The van der Waals surface area contributed by atoms with Crippen LogP contribution in [0, 0.1) is 0 Å². The van der Waals surface area contributed by atoms with Crippen molar-refractivity contribution in [3.63, 3.8) is 0 Å². The van der Waals surface area contributed by atoms with E-state index in [2.05, 4.69) is 10.6 Å². The van der Waals surface area contributed by atoms with Crippen molar-refractivity contribution < 1.29 is 14.3 Å². The topological polar surface area (TPSA) is 59.6 Å². The number of halogens is 1. The van der Waals surface area contributed by atoms with Gasteiger partial charge in [0.15, 0.2) is 0 Å². The van der Waals surface area contributed by atoms with E-state index in [0.717, 1.165) is 17.1 Å². The molecule has 0 unspecified atom stereocenters. The third-order valence-corrected chi connectivity index (χ3v) is 3.52. The first kappa shape index (κ1) is 17.0. The molecule has 23 heavy (non-hydrogen) atoms. The van der Waals surface area contributed by atoms with Crippen molar-refractivity contribution in [2.24, 2.45) is 0 Å². The van der Waals surface area contributed by atoms with Gasteiger partial charge in [-0.1, -0.05) is 11.6 Å². The van der Waals surface area contributed by atoms with Crippen molar-refractivity contribution in [2.75, 3.05) is 26.1 Å². The average molecular weight is 335 g/mol. The summed E-state index contributed by atoms with van der Waals surface area (Å²) in [5.74, 6) is 1.53. The van der Waals surface area contributed by atoms with Gasteiger partial charge in [0.2, 0.25) is 0 Å². The molecule has 5 nitrogen and oxygen atoms in total. The Balaban J connectivity index is 1.86. The first-order chi connectivity index (χ1) is 11.1. The van der Waals surface area contributed by atoms with Crippen LogP contribution in [0.4, 0.5) is 10.5 Å². The number of hydrogen-bond acceptors (Lipinski definition) is 3. The number of benzene rings is 2. The lowest BCUT2D eigenvalue weighted by Gasteiger charge is -2.11. The summed E-state index contributed by atoms with van der Waals surface area (Å²) in [4.78, 5) is 11.9. The van der Waals surface area contributed by atoms with Crippen LogP contribution in [0.3, 0.4) is 0 Å². The molecule has 0 radical (unpaired) electrons. The molecule has 122 valence electrons. The van der Waals surface area contributed by atoms with Gasteiger partial charge in [-0.15, -0.1) is 0 Å². The second-order valence-corrected chi connectivity index (χ2v) is 5.25. The molecule has 0 aromatic heterocycles. The molecule has 0 heterocycles. The lowest BCUT2D eigenvalue weighted by molar-refractivity contribution is 0.252. The van der Waals surface area contributed by atoms with E-state index >= 15 is 0 Å². The number of carbonyl (C=O) groups excluding carboxylic acids is 1. The minimum absolute atomic E-state index is 0.269. The average Bonchev–Trinajstić information content (AvgIpc) is 2.57. The Morgan fingerprint density at radius 3 is 2.48 bits per heavy atom. The number of nitrogens with one attached hydrogen (secondary N) is 2. The van der Waals surface area contributed by atoms with E-state index in [4.69, 9.17) is 21.1 Å². The van der Waals surface area contributed by atoms with E-state index in [0.29, 0.717) is 23.7 Å². The highest BCUT2D eigenvalue weighted by atomic mass is 35.5. The minimum atomic E-state index is -0.269. The van der Waals surface area contributed by atoms with Crippen LogP contribution in [0.2, 0.25) is 5.02 Å². The molecule has 2 N–H and O–H groups in total. The Morgan fingerprint density at radius 1 is 1.09 bits per heavy atom. The summed E-state index contributed by atoms with van der Waals surface area (Å²) in [5, 5.41) is 6.17. The van der Waals surface area contributed by atoms with Crippen molar-refractivity contribution in [3.8, 4) is 11.5 Å². The van der Waals surface area contributed by atoms with Crippen molar-refractivity contribution in [1.29, 1.82) is 0 Å². The lowest BCUT2D eigenvalue weighted by Crippen LogP contribution is -2.30. The van der Waals surface area contributed by atoms with E-state index in [-0.39, 0.29) is 6.03 Å². The largest absolute Gasteiger partial charge is 0.497 e. The molecule has 0 aliphatic rings. The monoisotopic (exact) mass is 334 g/mol. The van der Waals surface area contributed by atoms with Crippen LogP contribution >= 0.6 is 11.6 Å². The highest BCUT2D eigenvalue weighted by Crippen LogP contribution is 2.24. The van der Waals surface area contributed by atoms with Crippen molar-refractivity contribution in [1.82, 2.24) is 5.32 Å². The molecule has 6 heteroatoms. The zero-order chi connectivity index (χ0) is 16.7. The van der Waals surface area contributed by atoms with Gasteiger partial charge in [0.1, 0.15) is 11.5 Å². The Morgan fingerprint density at radius 2 is 1.83 bits per heavy atom. The summed E-state index contributed by atoms with van der Waals surface area (Å²) in [6.07, 6.45) is 0.633. The standard InChI is InChI=1S/C17H19ClN2O3/c1-22-15-7-8-16(23-2)12(11-15)9-10-19-17(21)20-14-5-3-13(18)4-6-14/h3-8,11H,9-10H2,1-2H3,(H2,19,20,21). The number of anilines is 1. The van der Waals surface area contributed by atoms with Crippen LogP contribution in [-0.2, 0) is 6.42 Å². The molecule has 2 rings (SSSR count). The summed E-state index contributed by atoms with van der Waals surface area (Å²) >= 11 is 5.80. The normalized spacial score (nSPS) is 10.0. The van der Waals surface area contributed by atoms with Gasteiger partial charge in [0.25, 0.3) is 0 Å². The quantitative estimate of drug-likeness (QED) is 0.846. The van der Waals surface area contributed by atoms with Crippen LogP contribution < -0.4 is 20.1 Å². The van der Waals surface area contributed by atoms with E-state index in [1.165, 1.54) is 0 Å². The number of ether oxygens (including phenoxy) is 2. The summed E-state index contributed by atoms with van der Waals surface area (Å²) in [6.45, 7) is 0.475. The van der Waals surface area contributed by atoms with E-state index < -0.39 is 0 Å². The molecule has 2 amide bonds. The predicted molar refractivity (Wildman–Crippen MR) is 91.7 cm³/mol. The van der Waals surface area contributed by atoms with Gasteiger partial charge in [0, 0.05) is 17.3 Å². The molecule has 0 saturated heterocycles. The third-order valence-electron chi connectivity index (χ3n) is 3.27. The predicted octanol–water partition coefficient (Wildman–Crippen LogP) is 3.72. The van der Waals surface area contributed by atoms with Crippen molar-refractivity contribution in [2.45, 2.75) is 6.42 Å². The summed E-state index contributed by atoms with van der Waals surface area (Å²) in [7, 11) is 3.23. The molecule has 0 spiro atoms. The Labute approximate surface area is 140 Å². The Bertz CT molecular complexity index is 659. The van der Waals surface area contributed by atoms with Crippen molar-refractivity contribution >= 4 is 23.3 Å². The first-order valence-electron chi connectivity index (χ1n) is 7.13. The Kier molecular flexibility index (Phi) is 6.11. The van der Waals surface area contributed by atoms with E-state index in [1.54, 1.807) is 38.5 Å². The fourth-order valence-corrected chi connectivity index (χ4v) is 2.22. The highest BCUT2D eigenvalue weighted by molar-refractivity contribution is 6.30. The third kappa shape index (κ3) is 5.07. The minimum Gasteiger partial charge on any atom is -0.497 e. The van der Waals surface area contributed by atoms with Gasteiger partial charge < -0.3 is 20.1 Å². The first-order valence-corrected chi connectivity index (χ1v) is 7.51. The van der Waals surface area contributed by atoms with Crippen LogP contribution in [0.1, 0.15) is 5.56 Å². The maximum atomic E-state index is 11.9. The SMILES string of the molecule is COc1ccc(OC)c(CCNC(=O)Nc2ccc(Cl)cc2)c1. The van der Waals surface area contributed by atoms with Gasteiger partial charge in [-0.2, -0.15) is 0 Å². The highest BCUT2D eigenvalue weighted by Gasteiger charge is 2.06. The van der Waals surface area contributed by atoms with Gasteiger partial charge in [0.05, 0.1) is 14.2 Å². The van der Waals surface area contributed by atoms with Gasteiger partial charge in [-0.05, 0) is 54.4 Å². The molecule has 2 aromatic rings. The van der Waals surface area contributed by atoms with Crippen LogP contribution in [0.5, 0.6) is 11.5 Å². The molecule has 0 saturated carbocycles. The fraction of sp³-hybridized carbons (Fsp3) is 0.235. The Hall–Kier alpha value is -2.40. The maximum Gasteiger partial charge on any atom is 0.319 e. The van der Waals surface area contributed by atoms with E-state index in [1.807, 2.05) is 18.2 Å². The molecular weight excluding hydrogens is 316 g/mol. The summed E-state index contributed by atoms with van der Waals surface area (Å²) in [5.41, 5.74) is 1.66. The number of rotatable bonds is 6. The zero-order valence-electron chi connectivity index (χ0n) is 13.1. The summed E-state index contributed by atoms with van der Waals surface area (Å²) in [6, 6.07) is 12.2. The molecule has 0 fully saturated rings. The van der Waals surface area contributed by atoms with Crippen LogP contribution in [0.25, 0.3) is 0 Å². The number of carbonyl (C=O) groups is 1. The smallest absolute Gasteiger partial charge is 0.319 e. The number of methoxy groups -OCH3 is 2.